The third kappa shape index (κ3) is 10.6. The van der Waals surface area contributed by atoms with Gasteiger partial charge >= 0.3 is 60.8 Å². The van der Waals surface area contributed by atoms with Gasteiger partial charge in [-0.05, 0) is 0 Å². The van der Waals surface area contributed by atoms with Gasteiger partial charge in [0.1, 0.15) is 0 Å². The maximum absolute atomic E-state index is 9.10. The second-order valence-corrected chi connectivity index (χ2v) is 0.610. The van der Waals surface area contributed by atoms with Crippen molar-refractivity contribution in [3.05, 3.63) is 0 Å². The van der Waals surface area contributed by atoms with Crippen molar-refractivity contribution < 1.29 is 52.5 Å². The fourth-order valence-corrected chi connectivity index (χ4v) is 0. The van der Waals surface area contributed by atoms with Crippen LogP contribution in [0.25, 0.3) is 0 Å². The van der Waals surface area contributed by atoms with Gasteiger partial charge in [-0.1, -0.05) is 0 Å². The molecule has 8 heavy (non-hydrogen) atoms. The molecule has 0 aromatic rings. The summed E-state index contributed by atoms with van der Waals surface area (Å²) in [6, 6.07) is 0. The molecule has 0 rings (SSSR count). The number of hydrogen-bond donors (Lipinski definition) is 2. The van der Waals surface area contributed by atoms with Crippen LogP contribution in [0.3, 0.4) is 0 Å². The number of rotatable bonds is 0. The second-order valence-electron chi connectivity index (χ2n) is 0.610. The summed E-state index contributed by atoms with van der Waals surface area (Å²) in [5.74, 6) is -3.65. The summed E-state index contributed by atoms with van der Waals surface area (Å²) in [5, 5.41) is 14.8. The fraction of sp³-hybridized carbons (Fsp3) is 0. The van der Waals surface area contributed by atoms with Gasteiger partial charge in [0.15, 0.2) is 0 Å². The second kappa shape index (κ2) is 8.62. The average molecular weight is 318 g/mol. The molecule has 1 radical (unpaired) electrons. The van der Waals surface area contributed by atoms with Crippen LogP contribution in [0.5, 0.6) is 0 Å². The van der Waals surface area contributed by atoms with E-state index in [2.05, 4.69) is 0 Å². The van der Waals surface area contributed by atoms with E-state index in [1.165, 1.54) is 0 Å². The van der Waals surface area contributed by atoms with Crippen LogP contribution >= 0.6 is 0 Å². The van der Waals surface area contributed by atoms with Crippen LogP contribution in [0, 0.1) is 0 Å². The summed E-state index contributed by atoms with van der Waals surface area (Å²) < 4.78 is 0. The van der Waals surface area contributed by atoms with Crippen molar-refractivity contribution in [1.29, 1.82) is 0 Å². The smallest absolute Gasteiger partial charge is 0 e. The maximum atomic E-state index is 9.10. The summed E-state index contributed by atoms with van der Waals surface area (Å²) >= 11 is 0. The van der Waals surface area contributed by atoms with Crippen LogP contribution in [-0.2, 0) is 42.3 Å². The van der Waals surface area contributed by atoms with Gasteiger partial charge in [0, 0.05) is 32.7 Å². The standard InChI is InChI=1S/C2H2O4.Ba.Y.2H/c3-1(4)2(5)6;;;;/h(H,3,4)(H,5,6);;;;. The third-order valence-electron chi connectivity index (χ3n) is 0.183. The van der Waals surface area contributed by atoms with E-state index in [-0.39, 0.29) is 81.6 Å². The summed E-state index contributed by atoms with van der Waals surface area (Å²) in [6.07, 6.45) is 0. The molecular formula is C2H4BaO4Y. The number of carbonyl (C=O) groups is 2. The van der Waals surface area contributed by atoms with Gasteiger partial charge in [-0.15, -0.1) is 0 Å². The van der Waals surface area contributed by atoms with Crippen LogP contribution in [0.2, 0.25) is 0 Å². The topological polar surface area (TPSA) is 74.6 Å². The summed E-state index contributed by atoms with van der Waals surface area (Å²) in [4.78, 5) is 18.2. The minimum absolute atomic E-state index is 0. The van der Waals surface area contributed by atoms with E-state index in [0.29, 0.717) is 0 Å². The predicted octanol–water partition coefficient (Wildman–Crippen LogP) is -1.76. The van der Waals surface area contributed by atoms with E-state index in [1.807, 2.05) is 0 Å². The largest absolute Gasteiger partial charge is 0 e. The van der Waals surface area contributed by atoms with Crippen molar-refractivity contribution in [3.63, 3.8) is 0 Å². The summed E-state index contributed by atoms with van der Waals surface area (Å²) in [6.45, 7) is 0. The SMILES string of the molecule is O=C(O)C(=O)O.[BaH2].[Y]. The van der Waals surface area contributed by atoms with Crippen molar-refractivity contribution in [2.24, 2.45) is 0 Å². The molecule has 2 N–H and O–H groups in total. The monoisotopic (exact) mass is 319 g/mol. The third-order valence-corrected chi connectivity index (χ3v) is 0.183. The Bertz CT molecular complexity index is 80.0. The Labute approximate surface area is 111 Å². The zero-order valence-corrected chi connectivity index (χ0v) is 6.13. The molecule has 0 saturated heterocycles. The summed E-state index contributed by atoms with van der Waals surface area (Å²) in [7, 11) is 0. The molecular weight excluding hydrogens is 314 g/mol. The van der Waals surface area contributed by atoms with Crippen molar-refractivity contribution >= 4 is 60.8 Å². The van der Waals surface area contributed by atoms with Crippen LogP contribution in [0.1, 0.15) is 0 Å². The molecule has 0 bridgehead atoms. The van der Waals surface area contributed by atoms with Crippen LogP contribution in [0.15, 0.2) is 0 Å². The molecule has 0 aromatic carbocycles. The van der Waals surface area contributed by atoms with E-state index in [4.69, 9.17) is 19.8 Å². The van der Waals surface area contributed by atoms with E-state index in [0.717, 1.165) is 0 Å². The van der Waals surface area contributed by atoms with Crippen LogP contribution in [-0.4, -0.2) is 71.0 Å². The number of aliphatic carboxylic acids is 2. The van der Waals surface area contributed by atoms with Crippen molar-refractivity contribution in [2.45, 2.75) is 0 Å². The van der Waals surface area contributed by atoms with Crippen molar-refractivity contribution in [2.75, 3.05) is 0 Å². The zero-order valence-electron chi connectivity index (χ0n) is 3.29. The molecule has 41 valence electrons. The van der Waals surface area contributed by atoms with Gasteiger partial charge in [0.25, 0.3) is 0 Å². The molecule has 0 amide bonds. The first-order valence-electron chi connectivity index (χ1n) is 1.11. The summed E-state index contributed by atoms with van der Waals surface area (Å²) in [5.41, 5.74) is 0. The van der Waals surface area contributed by atoms with Gasteiger partial charge in [-0.3, -0.25) is 0 Å². The molecule has 0 heterocycles. The van der Waals surface area contributed by atoms with E-state index in [1.54, 1.807) is 0 Å². The molecule has 0 saturated carbocycles. The van der Waals surface area contributed by atoms with Crippen LogP contribution in [0.4, 0.5) is 0 Å². The molecule has 0 fully saturated rings. The van der Waals surface area contributed by atoms with Gasteiger partial charge in [0.2, 0.25) is 0 Å². The van der Waals surface area contributed by atoms with Crippen LogP contribution < -0.4 is 0 Å². The molecule has 0 unspecified atom stereocenters. The van der Waals surface area contributed by atoms with E-state index >= 15 is 0 Å². The first-order chi connectivity index (χ1) is 2.64. The molecule has 0 aliphatic heterocycles. The Morgan fingerprint density at radius 2 is 1.12 bits per heavy atom. The average Bonchev–Trinajstić information content (AvgIpc) is 1.36. The van der Waals surface area contributed by atoms with Gasteiger partial charge in [0.05, 0.1) is 0 Å². The Morgan fingerprint density at radius 3 is 1.12 bits per heavy atom. The molecule has 6 heteroatoms. The Balaban J connectivity index is -0.000000125. The number of hydrogen-bond acceptors (Lipinski definition) is 2. The molecule has 0 aromatic heterocycles. The van der Waals surface area contributed by atoms with Gasteiger partial charge < -0.3 is 10.2 Å². The number of carboxylic acid groups (broad SMARTS) is 2. The van der Waals surface area contributed by atoms with Gasteiger partial charge in [-0.2, -0.15) is 0 Å². The maximum Gasteiger partial charge on any atom is 0 e. The van der Waals surface area contributed by atoms with E-state index in [9.17, 15) is 0 Å². The quantitative estimate of drug-likeness (QED) is 0.410. The minimum Gasteiger partial charge on any atom is 0 e. The Kier molecular flexibility index (Phi) is 17.6. The Hall–Kier alpha value is 1.62. The number of carboxylic acids is 2. The molecule has 0 spiro atoms. The molecule has 0 aliphatic rings. The normalized spacial score (nSPS) is 5.50. The fourth-order valence-electron chi connectivity index (χ4n) is 0. The molecule has 0 atom stereocenters. The molecule has 4 nitrogen and oxygen atoms in total. The van der Waals surface area contributed by atoms with Gasteiger partial charge in [-0.25, -0.2) is 9.59 Å². The first-order valence-corrected chi connectivity index (χ1v) is 1.11. The van der Waals surface area contributed by atoms with Crippen molar-refractivity contribution in [1.82, 2.24) is 0 Å². The first kappa shape index (κ1) is 16.3. The predicted molar refractivity (Wildman–Crippen MR) is 23.8 cm³/mol. The zero-order chi connectivity index (χ0) is 5.15. The molecule has 0 aliphatic carbocycles. The van der Waals surface area contributed by atoms with E-state index < -0.39 is 11.9 Å². The minimum atomic E-state index is -1.82. The van der Waals surface area contributed by atoms with Crippen molar-refractivity contribution in [3.8, 4) is 0 Å². The Morgan fingerprint density at radius 1 is 1.00 bits per heavy atom.